The molecule has 0 heterocycles. The first-order valence-corrected chi connectivity index (χ1v) is 5.56. The molecule has 0 radical (unpaired) electrons. The molecule has 2 nitrogen and oxygen atoms in total. The molecule has 0 amide bonds. The summed E-state index contributed by atoms with van der Waals surface area (Å²) < 4.78 is 5.12. The van der Waals surface area contributed by atoms with Gasteiger partial charge < -0.3 is 10.1 Å². The highest BCUT2D eigenvalue weighted by Crippen LogP contribution is 2.17. The minimum Gasteiger partial charge on any atom is -0.385 e. The topological polar surface area (TPSA) is 21.3 Å². The Balaban J connectivity index is 2.65. The fourth-order valence-corrected chi connectivity index (χ4v) is 1.67. The van der Waals surface area contributed by atoms with Gasteiger partial charge in [-0.2, -0.15) is 0 Å². The van der Waals surface area contributed by atoms with Gasteiger partial charge in [-0.25, -0.2) is 0 Å². The Hall–Kier alpha value is -0.860. The fourth-order valence-electron chi connectivity index (χ4n) is 1.67. The van der Waals surface area contributed by atoms with Crippen LogP contribution in [-0.2, 0) is 4.74 Å². The van der Waals surface area contributed by atoms with Crippen LogP contribution in [-0.4, -0.2) is 20.3 Å². The van der Waals surface area contributed by atoms with Crippen LogP contribution in [0, 0.1) is 6.92 Å². The second kappa shape index (κ2) is 6.59. The van der Waals surface area contributed by atoms with E-state index in [0.717, 1.165) is 19.6 Å². The van der Waals surface area contributed by atoms with Crippen LogP contribution in [0.3, 0.4) is 0 Å². The van der Waals surface area contributed by atoms with Crippen LogP contribution >= 0.6 is 0 Å². The quantitative estimate of drug-likeness (QED) is 0.774. The lowest BCUT2D eigenvalue weighted by Crippen LogP contribution is -2.22. The fraction of sp³-hybridized carbons (Fsp3) is 0.538. The van der Waals surface area contributed by atoms with Crippen LogP contribution in [0.1, 0.15) is 30.5 Å². The summed E-state index contributed by atoms with van der Waals surface area (Å²) in [6.45, 7) is 6.03. The number of hydrogen-bond acceptors (Lipinski definition) is 2. The molecule has 0 aromatic heterocycles. The van der Waals surface area contributed by atoms with Crippen LogP contribution in [0.25, 0.3) is 0 Å². The zero-order valence-corrected chi connectivity index (χ0v) is 9.92. The molecule has 0 bridgehead atoms. The number of benzene rings is 1. The highest BCUT2D eigenvalue weighted by atomic mass is 16.5. The molecule has 0 fully saturated rings. The minimum absolute atomic E-state index is 0.413. The largest absolute Gasteiger partial charge is 0.385 e. The first kappa shape index (κ1) is 12.2. The minimum atomic E-state index is 0.413. The van der Waals surface area contributed by atoms with Gasteiger partial charge in [-0.05, 0) is 25.5 Å². The van der Waals surface area contributed by atoms with E-state index in [1.165, 1.54) is 11.1 Å². The molecular formula is C13H21NO. The van der Waals surface area contributed by atoms with Gasteiger partial charge in [-0.3, -0.25) is 0 Å². The average Bonchev–Trinajstić information content (AvgIpc) is 2.25. The summed E-state index contributed by atoms with van der Waals surface area (Å²) in [6, 6.07) is 9.12. The van der Waals surface area contributed by atoms with Gasteiger partial charge in [0, 0.05) is 19.8 Å². The van der Waals surface area contributed by atoms with Gasteiger partial charge in [-0.15, -0.1) is 0 Å². The van der Waals surface area contributed by atoms with E-state index in [-0.39, 0.29) is 0 Å². The third kappa shape index (κ3) is 4.02. The summed E-state index contributed by atoms with van der Waals surface area (Å²) in [6.07, 6.45) is 1.02. The first-order valence-electron chi connectivity index (χ1n) is 5.56. The Morgan fingerprint density at radius 3 is 2.47 bits per heavy atom. The third-order valence-electron chi connectivity index (χ3n) is 2.54. The number of nitrogens with one attached hydrogen (secondary N) is 1. The Labute approximate surface area is 92.6 Å². The van der Waals surface area contributed by atoms with Crippen LogP contribution in [0.2, 0.25) is 0 Å². The van der Waals surface area contributed by atoms with Crippen molar-refractivity contribution in [2.24, 2.45) is 0 Å². The van der Waals surface area contributed by atoms with Crippen molar-refractivity contribution in [2.45, 2.75) is 26.3 Å². The standard InChI is InChI=1S/C13H21NO/c1-4-14-13(9-10-15-3)12-7-5-11(2)6-8-12/h5-8,13-14H,4,9-10H2,1-3H3. The molecule has 2 heteroatoms. The second-order valence-corrected chi connectivity index (χ2v) is 3.80. The molecule has 1 atom stereocenters. The monoisotopic (exact) mass is 207 g/mol. The highest BCUT2D eigenvalue weighted by Gasteiger charge is 2.08. The van der Waals surface area contributed by atoms with Gasteiger partial charge in [-0.1, -0.05) is 36.8 Å². The summed E-state index contributed by atoms with van der Waals surface area (Å²) in [5, 5.41) is 3.47. The molecule has 0 spiro atoms. The SMILES string of the molecule is CCNC(CCOC)c1ccc(C)cc1. The molecule has 1 aromatic rings. The lowest BCUT2D eigenvalue weighted by molar-refractivity contribution is 0.183. The third-order valence-corrected chi connectivity index (χ3v) is 2.54. The zero-order valence-electron chi connectivity index (χ0n) is 9.92. The Morgan fingerprint density at radius 2 is 1.93 bits per heavy atom. The van der Waals surface area contributed by atoms with Crippen molar-refractivity contribution in [3.63, 3.8) is 0 Å². The second-order valence-electron chi connectivity index (χ2n) is 3.80. The summed E-state index contributed by atoms with van der Waals surface area (Å²) in [4.78, 5) is 0. The highest BCUT2D eigenvalue weighted by molar-refractivity contribution is 5.24. The molecular weight excluding hydrogens is 186 g/mol. The molecule has 1 rings (SSSR count). The molecule has 0 aliphatic heterocycles. The maximum Gasteiger partial charge on any atom is 0.0480 e. The number of aryl methyl sites for hydroxylation is 1. The predicted molar refractivity (Wildman–Crippen MR) is 64.1 cm³/mol. The lowest BCUT2D eigenvalue weighted by atomic mass is 10.0. The maximum atomic E-state index is 5.12. The van der Waals surface area contributed by atoms with Crippen molar-refractivity contribution in [3.05, 3.63) is 35.4 Å². The van der Waals surface area contributed by atoms with Crippen molar-refractivity contribution >= 4 is 0 Å². The Bertz CT molecular complexity index is 268. The Kier molecular flexibility index (Phi) is 5.37. The smallest absolute Gasteiger partial charge is 0.0480 e. The van der Waals surface area contributed by atoms with Gasteiger partial charge in [0.25, 0.3) is 0 Å². The molecule has 15 heavy (non-hydrogen) atoms. The van der Waals surface area contributed by atoms with E-state index >= 15 is 0 Å². The van der Waals surface area contributed by atoms with E-state index in [1.807, 2.05) is 0 Å². The summed E-state index contributed by atoms with van der Waals surface area (Å²) in [7, 11) is 1.75. The normalized spacial score (nSPS) is 12.7. The van der Waals surface area contributed by atoms with Gasteiger partial charge >= 0.3 is 0 Å². The zero-order chi connectivity index (χ0) is 11.1. The van der Waals surface area contributed by atoms with Crippen LogP contribution in [0.4, 0.5) is 0 Å². The molecule has 1 aromatic carbocycles. The van der Waals surface area contributed by atoms with Gasteiger partial charge in [0.2, 0.25) is 0 Å². The molecule has 0 saturated heterocycles. The van der Waals surface area contributed by atoms with E-state index in [9.17, 15) is 0 Å². The maximum absolute atomic E-state index is 5.12. The Morgan fingerprint density at radius 1 is 1.27 bits per heavy atom. The average molecular weight is 207 g/mol. The molecule has 84 valence electrons. The summed E-state index contributed by atoms with van der Waals surface area (Å²) in [5.74, 6) is 0. The van der Waals surface area contributed by atoms with E-state index in [2.05, 4.69) is 43.4 Å². The van der Waals surface area contributed by atoms with Crippen LogP contribution < -0.4 is 5.32 Å². The number of rotatable bonds is 6. The number of hydrogen-bond donors (Lipinski definition) is 1. The van der Waals surface area contributed by atoms with Crippen LogP contribution in [0.15, 0.2) is 24.3 Å². The van der Waals surface area contributed by atoms with E-state index in [0.29, 0.717) is 6.04 Å². The van der Waals surface area contributed by atoms with Crippen molar-refractivity contribution in [2.75, 3.05) is 20.3 Å². The summed E-state index contributed by atoms with van der Waals surface area (Å²) >= 11 is 0. The van der Waals surface area contributed by atoms with E-state index < -0.39 is 0 Å². The number of ether oxygens (including phenoxy) is 1. The van der Waals surface area contributed by atoms with Crippen molar-refractivity contribution in [1.29, 1.82) is 0 Å². The first-order chi connectivity index (χ1) is 7.27. The molecule has 0 aliphatic rings. The van der Waals surface area contributed by atoms with E-state index in [4.69, 9.17) is 4.74 Å². The predicted octanol–water partition coefficient (Wildman–Crippen LogP) is 2.68. The van der Waals surface area contributed by atoms with Gasteiger partial charge in [0.05, 0.1) is 0 Å². The number of methoxy groups -OCH3 is 1. The molecule has 0 aliphatic carbocycles. The van der Waals surface area contributed by atoms with Crippen molar-refractivity contribution in [1.82, 2.24) is 5.32 Å². The lowest BCUT2D eigenvalue weighted by Gasteiger charge is -2.18. The van der Waals surface area contributed by atoms with Crippen molar-refractivity contribution < 1.29 is 4.74 Å². The van der Waals surface area contributed by atoms with Crippen LogP contribution in [0.5, 0.6) is 0 Å². The molecule has 1 unspecified atom stereocenters. The van der Waals surface area contributed by atoms with E-state index in [1.54, 1.807) is 7.11 Å². The van der Waals surface area contributed by atoms with Gasteiger partial charge in [0.15, 0.2) is 0 Å². The van der Waals surface area contributed by atoms with Crippen molar-refractivity contribution in [3.8, 4) is 0 Å². The molecule has 0 saturated carbocycles. The summed E-state index contributed by atoms with van der Waals surface area (Å²) in [5.41, 5.74) is 2.65. The van der Waals surface area contributed by atoms with Gasteiger partial charge in [0.1, 0.15) is 0 Å². The molecule has 1 N–H and O–H groups in total.